The molecule has 3 aromatic carbocycles. The minimum Gasteiger partial charge on any atom is -0.504 e. The molecule has 3 rings (SSSR count). The van der Waals surface area contributed by atoms with Gasteiger partial charge < -0.3 is 5.11 Å². The van der Waals surface area contributed by atoms with Crippen molar-refractivity contribution in [3.8, 4) is 5.75 Å². The van der Waals surface area contributed by atoms with Crippen LogP contribution >= 0.6 is 11.6 Å². The third-order valence-electron chi connectivity index (χ3n) is 4.43. The van der Waals surface area contributed by atoms with Crippen molar-refractivity contribution in [2.45, 2.75) is 21.6 Å². The summed E-state index contributed by atoms with van der Waals surface area (Å²) in [5, 5.41) is 17.5. The van der Waals surface area contributed by atoms with Gasteiger partial charge in [-0.15, -0.1) is 10.2 Å². The quantitative estimate of drug-likeness (QED) is 0.274. The Labute approximate surface area is 192 Å². The van der Waals surface area contributed by atoms with E-state index in [2.05, 4.69) is 10.2 Å². The van der Waals surface area contributed by atoms with Crippen molar-refractivity contribution < 1.29 is 44.0 Å². The molecule has 176 valence electrons. The molecule has 16 heteroatoms. The second-order valence-corrected chi connectivity index (χ2v) is 11.2. The Kier molecular flexibility index (Phi) is 6.27. The lowest BCUT2D eigenvalue weighted by Crippen LogP contribution is -2.02. The van der Waals surface area contributed by atoms with Gasteiger partial charge in [-0.1, -0.05) is 17.7 Å². The first-order valence-electron chi connectivity index (χ1n) is 8.45. The van der Waals surface area contributed by atoms with Crippen molar-refractivity contribution >= 4 is 64.1 Å². The average molecular weight is 537 g/mol. The van der Waals surface area contributed by atoms with Crippen LogP contribution in [-0.4, -0.2) is 44.0 Å². The first-order chi connectivity index (χ1) is 15.0. The van der Waals surface area contributed by atoms with Crippen LogP contribution in [0.25, 0.3) is 10.8 Å². The molecule has 0 unspecified atom stereocenters. The molecule has 0 aliphatic heterocycles. The maximum atomic E-state index is 11.8. The minimum absolute atomic E-state index is 0.0130. The zero-order valence-corrected chi connectivity index (χ0v) is 19.4. The molecule has 33 heavy (non-hydrogen) atoms. The number of phenols is 1. The Hall–Kier alpha value is -2.66. The summed E-state index contributed by atoms with van der Waals surface area (Å²) in [6.45, 7) is 1.28. The van der Waals surface area contributed by atoms with Crippen molar-refractivity contribution in [3.05, 3.63) is 47.0 Å². The van der Waals surface area contributed by atoms with E-state index in [1.54, 1.807) is 0 Å². The van der Waals surface area contributed by atoms with Crippen LogP contribution in [0, 0.1) is 6.92 Å². The highest BCUT2D eigenvalue weighted by Gasteiger charge is 2.24. The second-order valence-electron chi connectivity index (χ2n) is 6.60. The van der Waals surface area contributed by atoms with Crippen LogP contribution in [0.1, 0.15) is 5.56 Å². The van der Waals surface area contributed by atoms with E-state index in [9.17, 15) is 44.0 Å². The lowest BCUT2D eigenvalue weighted by molar-refractivity contribution is 0.445. The Bertz CT molecular complexity index is 1670. The van der Waals surface area contributed by atoms with Crippen LogP contribution in [0.15, 0.2) is 61.3 Å². The maximum Gasteiger partial charge on any atom is 0.298 e. The highest BCUT2D eigenvalue weighted by Crippen LogP contribution is 2.42. The summed E-state index contributed by atoms with van der Waals surface area (Å²) in [6, 6.07) is 5.93. The Morgan fingerprint density at radius 3 is 2.00 bits per heavy atom. The number of aromatic hydroxyl groups is 1. The highest BCUT2D eigenvalue weighted by molar-refractivity contribution is 7.86. The standard InChI is InChI=1S/C17H13ClN2O10S3/c1-8-12(18)4-5-13(17(8)33(28,29)30)19-20-15-11-3-2-10(31(22,23)24)6-9(11)7-14(16(15)21)32(25,26)27/h2-7,21H,1H3,(H,22,23,24)(H,25,26,27)(H,28,29,30). The molecule has 0 fully saturated rings. The van der Waals surface area contributed by atoms with Gasteiger partial charge in [0.15, 0.2) is 5.75 Å². The fraction of sp³-hybridized carbons (Fsp3) is 0.0588. The number of fused-ring (bicyclic) bond motifs is 1. The van der Waals surface area contributed by atoms with Crippen LogP contribution in [0.2, 0.25) is 5.02 Å². The molecule has 0 saturated carbocycles. The minimum atomic E-state index is -5.04. The van der Waals surface area contributed by atoms with Gasteiger partial charge in [-0.2, -0.15) is 25.3 Å². The van der Waals surface area contributed by atoms with Crippen LogP contribution < -0.4 is 0 Å². The summed E-state index contributed by atoms with van der Waals surface area (Å²) in [7, 11) is -14.6. The SMILES string of the molecule is Cc1c(Cl)ccc(N=Nc2c(O)c(S(=O)(=O)O)cc3cc(S(=O)(=O)O)ccc23)c1S(=O)(=O)O. The summed E-state index contributed by atoms with van der Waals surface area (Å²) in [6.07, 6.45) is 0. The number of hydrogen-bond acceptors (Lipinski definition) is 9. The van der Waals surface area contributed by atoms with Gasteiger partial charge >= 0.3 is 0 Å². The Morgan fingerprint density at radius 2 is 1.45 bits per heavy atom. The molecule has 0 aliphatic carbocycles. The summed E-state index contributed by atoms with van der Waals surface area (Å²) in [5.74, 6) is -1.08. The van der Waals surface area contributed by atoms with Crippen molar-refractivity contribution in [3.63, 3.8) is 0 Å². The van der Waals surface area contributed by atoms with Gasteiger partial charge in [0.05, 0.1) is 4.90 Å². The van der Waals surface area contributed by atoms with Gasteiger partial charge in [0.25, 0.3) is 30.4 Å². The lowest BCUT2D eigenvalue weighted by atomic mass is 10.1. The molecule has 0 bridgehead atoms. The van der Waals surface area contributed by atoms with Crippen LogP contribution in [0.3, 0.4) is 0 Å². The molecule has 0 aliphatic rings. The molecule has 0 aromatic heterocycles. The molecule has 0 spiro atoms. The highest BCUT2D eigenvalue weighted by atomic mass is 35.5. The molecule has 0 saturated heterocycles. The normalized spacial score (nSPS) is 13.1. The van der Waals surface area contributed by atoms with E-state index >= 15 is 0 Å². The fourth-order valence-corrected chi connectivity index (χ4v) is 5.17. The number of halogens is 1. The second kappa shape index (κ2) is 8.28. The van der Waals surface area contributed by atoms with Gasteiger partial charge in [-0.3, -0.25) is 13.7 Å². The topological polar surface area (TPSA) is 208 Å². The summed E-state index contributed by atoms with van der Waals surface area (Å²) >= 11 is 5.88. The van der Waals surface area contributed by atoms with E-state index in [0.29, 0.717) is 0 Å². The molecule has 3 aromatic rings. The summed E-state index contributed by atoms with van der Waals surface area (Å²) in [4.78, 5) is -2.37. The average Bonchev–Trinajstić information content (AvgIpc) is 2.66. The number of hydrogen-bond donors (Lipinski definition) is 4. The Balaban J connectivity index is 2.37. The molecule has 0 heterocycles. The maximum absolute atomic E-state index is 11.8. The van der Waals surface area contributed by atoms with Gasteiger partial charge in [-0.05, 0) is 48.2 Å². The predicted molar refractivity (Wildman–Crippen MR) is 115 cm³/mol. The smallest absolute Gasteiger partial charge is 0.298 e. The number of nitrogens with zero attached hydrogens (tertiary/aromatic N) is 2. The van der Waals surface area contributed by atoms with Crippen LogP contribution in [0.5, 0.6) is 5.75 Å². The van der Waals surface area contributed by atoms with Crippen molar-refractivity contribution in [1.82, 2.24) is 0 Å². The van der Waals surface area contributed by atoms with E-state index in [1.807, 2.05) is 0 Å². The van der Waals surface area contributed by atoms with Crippen molar-refractivity contribution in [1.29, 1.82) is 0 Å². The van der Waals surface area contributed by atoms with E-state index in [1.165, 1.54) is 13.0 Å². The van der Waals surface area contributed by atoms with Crippen LogP contribution in [-0.2, 0) is 30.4 Å². The molecular weight excluding hydrogens is 524 g/mol. The summed E-state index contributed by atoms with van der Waals surface area (Å²) in [5.41, 5.74) is -1.07. The van der Waals surface area contributed by atoms with E-state index in [4.69, 9.17) is 11.6 Å². The molecule has 4 N–H and O–H groups in total. The third-order valence-corrected chi connectivity index (χ3v) is 7.59. The molecule has 0 radical (unpaired) electrons. The van der Waals surface area contributed by atoms with Gasteiger partial charge in [-0.25, -0.2) is 0 Å². The van der Waals surface area contributed by atoms with E-state index in [0.717, 1.165) is 30.3 Å². The fourth-order valence-electron chi connectivity index (χ4n) is 2.95. The zero-order chi connectivity index (χ0) is 24.9. The number of phenolic OH excluding ortho intramolecular Hbond substituents is 1. The molecule has 0 amide bonds. The molecule has 12 nitrogen and oxygen atoms in total. The molecule has 0 atom stereocenters. The van der Waals surface area contributed by atoms with Gasteiger partial charge in [0, 0.05) is 10.4 Å². The van der Waals surface area contributed by atoms with E-state index < -0.39 is 62.2 Å². The molecular formula is C17H13ClN2O10S3. The lowest BCUT2D eigenvalue weighted by Gasteiger charge is -2.10. The predicted octanol–water partition coefficient (Wildman–Crippen LogP) is 3.66. The number of rotatable bonds is 5. The summed E-state index contributed by atoms with van der Waals surface area (Å²) < 4.78 is 98.0. The van der Waals surface area contributed by atoms with Gasteiger partial charge in [0.1, 0.15) is 21.2 Å². The van der Waals surface area contributed by atoms with Crippen molar-refractivity contribution in [2.24, 2.45) is 10.2 Å². The van der Waals surface area contributed by atoms with Crippen molar-refractivity contribution in [2.75, 3.05) is 0 Å². The number of benzene rings is 3. The van der Waals surface area contributed by atoms with E-state index in [-0.39, 0.29) is 21.4 Å². The first-order valence-corrected chi connectivity index (χ1v) is 13.1. The first kappa shape index (κ1) is 25.0. The third kappa shape index (κ3) is 4.98. The zero-order valence-electron chi connectivity index (χ0n) is 16.2. The monoisotopic (exact) mass is 536 g/mol. The Morgan fingerprint density at radius 1 is 0.818 bits per heavy atom. The largest absolute Gasteiger partial charge is 0.504 e. The van der Waals surface area contributed by atoms with Gasteiger partial charge in [0.2, 0.25) is 0 Å². The number of azo groups is 1. The van der Waals surface area contributed by atoms with Crippen LogP contribution in [0.4, 0.5) is 11.4 Å².